The number of benzene rings is 2. The summed E-state index contributed by atoms with van der Waals surface area (Å²) in [6, 6.07) is 10.2. The first kappa shape index (κ1) is 22.8. The quantitative estimate of drug-likeness (QED) is 0.516. The molecule has 2 aromatic carbocycles. The van der Waals surface area contributed by atoms with E-state index in [4.69, 9.17) is 11.6 Å². The average Bonchev–Trinajstić information content (AvgIpc) is 3.09. The van der Waals surface area contributed by atoms with Gasteiger partial charge in [0.1, 0.15) is 11.4 Å². The number of methoxy groups -OCH3 is 1. The van der Waals surface area contributed by atoms with Crippen molar-refractivity contribution < 1.29 is 23.9 Å². The zero-order valence-corrected chi connectivity index (χ0v) is 18.2. The van der Waals surface area contributed by atoms with Crippen LogP contribution in [0.2, 0.25) is 5.02 Å². The van der Waals surface area contributed by atoms with Crippen molar-refractivity contribution in [2.75, 3.05) is 12.4 Å². The van der Waals surface area contributed by atoms with Crippen molar-refractivity contribution in [2.45, 2.75) is 13.5 Å². The zero-order chi connectivity index (χ0) is 23.6. The molecule has 8 nitrogen and oxygen atoms in total. The maximum absolute atomic E-state index is 13.0. The fraction of sp³-hybridized carbons (Fsp3) is 0.130. The molecule has 32 heavy (non-hydrogen) atoms. The van der Waals surface area contributed by atoms with Crippen LogP contribution in [0.5, 0.6) is 0 Å². The number of esters is 1. The SMILES string of the molecule is C=C(NC(=O)C(=C)N1Cc2c(ccc(Cl)c2-c2ccc(NC(C)=O)cc2)C1=O)C(=O)OC. The van der Waals surface area contributed by atoms with Crippen LogP contribution in [0.1, 0.15) is 22.8 Å². The fourth-order valence-electron chi connectivity index (χ4n) is 3.32. The van der Waals surface area contributed by atoms with Gasteiger partial charge in [0, 0.05) is 28.8 Å². The van der Waals surface area contributed by atoms with Gasteiger partial charge in [-0.15, -0.1) is 0 Å². The van der Waals surface area contributed by atoms with Crippen molar-refractivity contribution >= 4 is 41.0 Å². The minimum absolute atomic E-state index is 0.0639. The lowest BCUT2D eigenvalue weighted by Gasteiger charge is -2.18. The van der Waals surface area contributed by atoms with Gasteiger partial charge in [-0.2, -0.15) is 0 Å². The van der Waals surface area contributed by atoms with Gasteiger partial charge < -0.3 is 15.4 Å². The van der Waals surface area contributed by atoms with Crippen LogP contribution in [0, 0.1) is 0 Å². The standard InChI is InChI=1S/C23H20ClN3O5/c1-12(23(31)32-4)25-21(29)13(2)27-11-18-17(22(27)30)9-10-19(24)20(18)15-5-7-16(8-6-15)26-14(3)28/h5-10H,1-2,11H2,3-4H3,(H,25,29)(H,26,28). The van der Waals surface area contributed by atoms with Crippen molar-refractivity contribution in [3.63, 3.8) is 0 Å². The summed E-state index contributed by atoms with van der Waals surface area (Å²) < 4.78 is 4.50. The third-order valence-electron chi connectivity index (χ3n) is 4.83. The second-order valence-electron chi connectivity index (χ2n) is 6.97. The lowest BCUT2D eigenvalue weighted by Crippen LogP contribution is -2.36. The van der Waals surface area contributed by atoms with Crippen LogP contribution in [0.3, 0.4) is 0 Å². The molecule has 0 atom stereocenters. The Kier molecular flexibility index (Phi) is 6.45. The normalized spacial score (nSPS) is 12.1. The number of carbonyl (C=O) groups is 4. The van der Waals surface area contributed by atoms with E-state index in [1.165, 1.54) is 11.8 Å². The first-order valence-corrected chi connectivity index (χ1v) is 9.80. The van der Waals surface area contributed by atoms with Gasteiger partial charge in [-0.1, -0.05) is 36.9 Å². The van der Waals surface area contributed by atoms with Gasteiger partial charge in [-0.25, -0.2) is 4.79 Å². The number of halogens is 1. The van der Waals surface area contributed by atoms with E-state index < -0.39 is 17.8 Å². The molecule has 0 aromatic heterocycles. The molecule has 164 valence electrons. The summed E-state index contributed by atoms with van der Waals surface area (Å²) in [5, 5.41) is 5.39. The summed E-state index contributed by atoms with van der Waals surface area (Å²) in [6.45, 7) is 8.61. The Balaban J connectivity index is 1.89. The van der Waals surface area contributed by atoms with Crippen molar-refractivity contribution in [1.29, 1.82) is 0 Å². The van der Waals surface area contributed by atoms with E-state index in [-0.39, 0.29) is 23.8 Å². The molecule has 0 spiro atoms. The second kappa shape index (κ2) is 9.07. The monoisotopic (exact) mass is 453 g/mol. The predicted octanol–water partition coefficient (Wildman–Crippen LogP) is 3.24. The van der Waals surface area contributed by atoms with Gasteiger partial charge in [0.2, 0.25) is 5.91 Å². The Labute approximate surface area is 189 Å². The largest absolute Gasteiger partial charge is 0.464 e. The molecule has 0 saturated carbocycles. The highest BCUT2D eigenvalue weighted by Crippen LogP contribution is 2.39. The smallest absolute Gasteiger partial charge is 0.353 e. The van der Waals surface area contributed by atoms with Gasteiger partial charge in [0.15, 0.2) is 0 Å². The molecule has 2 N–H and O–H groups in total. The molecule has 0 unspecified atom stereocenters. The topological polar surface area (TPSA) is 105 Å². The maximum Gasteiger partial charge on any atom is 0.353 e. The molecule has 3 rings (SSSR count). The van der Waals surface area contributed by atoms with Gasteiger partial charge in [-0.3, -0.25) is 19.3 Å². The van der Waals surface area contributed by atoms with E-state index in [9.17, 15) is 19.2 Å². The van der Waals surface area contributed by atoms with Gasteiger partial charge >= 0.3 is 5.97 Å². The molecule has 3 amide bonds. The van der Waals surface area contributed by atoms with Gasteiger partial charge in [-0.05, 0) is 35.4 Å². The molecule has 0 bridgehead atoms. The highest BCUT2D eigenvalue weighted by atomic mass is 35.5. The number of carbonyl (C=O) groups excluding carboxylic acids is 4. The first-order valence-electron chi connectivity index (χ1n) is 9.42. The Hall–Kier alpha value is -3.91. The Morgan fingerprint density at radius 3 is 2.34 bits per heavy atom. The van der Waals surface area contributed by atoms with Crippen molar-refractivity contribution in [2.24, 2.45) is 0 Å². The van der Waals surface area contributed by atoms with Crippen LogP contribution in [0.15, 0.2) is 61.0 Å². The third-order valence-corrected chi connectivity index (χ3v) is 5.15. The molecule has 0 saturated heterocycles. The fourth-order valence-corrected chi connectivity index (χ4v) is 3.60. The molecular formula is C23H20ClN3O5. The average molecular weight is 454 g/mol. The summed E-state index contributed by atoms with van der Waals surface area (Å²) in [4.78, 5) is 49.4. The van der Waals surface area contributed by atoms with Crippen LogP contribution in [-0.4, -0.2) is 35.7 Å². The third kappa shape index (κ3) is 4.40. The molecule has 0 aliphatic carbocycles. The molecule has 1 aliphatic rings. The number of rotatable bonds is 6. The second-order valence-corrected chi connectivity index (χ2v) is 7.38. The molecule has 9 heteroatoms. The van der Waals surface area contributed by atoms with Crippen LogP contribution in [0.4, 0.5) is 5.69 Å². The Bertz CT molecular complexity index is 1170. The number of nitrogens with one attached hydrogen (secondary N) is 2. The molecule has 1 aliphatic heterocycles. The van der Waals surface area contributed by atoms with E-state index in [0.29, 0.717) is 27.4 Å². The van der Waals surface area contributed by atoms with Gasteiger partial charge in [0.25, 0.3) is 11.8 Å². The maximum atomic E-state index is 13.0. The molecule has 2 aromatic rings. The van der Waals surface area contributed by atoms with E-state index in [2.05, 4.69) is 28.5 Å². The number of fused-ring (bicyclic) bond motifs is 1. The first-order chi connectivity index (χ1) is 15.1. The minimum Gasteiger partial charge on any atom is -0.464 e. The highest BCUT2D eigenvalue weighted by molar-refractivity contribution is 6.34. The summed E-state index contributed by atoms with van der Waals surface area (Å²) in [5.41, 5.74) is 2.60. The van der Waals surface area contributed by atoms with Crippen molar-refractivity contribution in [3.8, 4) is 11.1 Å². The molecule has 1 heterocycles. The molecule has 0 radical (unpaired) electrons. The zero-order valence-electron chi connectivity index (χ0n) is 17.5. The van der Waals surface area contributed by atoms with E-state index in [1.807, 2.05) is 0 Å². The Morgan fingerprint density at radius 1 is 1.09 bits per heavy atom. The van der Waals surface area contributed by atoms with Crippen LogP contribution < -0.4 is 10.6 Å². The number of ether oxygens (including phenoxy) is 1. The van der Waals surface area contributed by atoms with E-state index >= 15 is 0 Å². The van der Waals surface area contributed by atoms with Crippen molar-refractivity contribution in [3.05, 3.63) is 77.1 Å². The number of hydrogen-bond donors (Lipinski definition) is 2. The summed E-state index contributed by atoms with van der Waals surface area (Å²) in [6.07, 6.45) is 0. The highest BCUT2D eigenvalue weighted by Gasteiger charge is 2.34. The molecular weight excluding hydrogens is 434 g/mol. The predicted molar refractivity (Wildman–Crippen MR) is 120 cm³/mol. The Morgan fingerprint density at radius 2 is 1.75 bits per heavy atom. The number of anilines is 1. The van der Waals surface area contributed by atoms with Gasteiger partial charge in [0.05, 0.1) is 13.7 Å². The van der Waals surface area contributed by atoms with E-state index in [0.717, 1.165) is 12.7 Å². The van der Waals surface area contributed by atoms with Crippen LogP contribution in [0.25, 0.3) is 11.1 Å². The van der Waals surface area contributed by atoms with Crippen LogP contribution >= 0.6 is 11.6 Å². The number of nitrogens with zero attached hydrogens (tertiary/aromatic N) is 1. The summed E-state index contributed by atoms with van der Waals surface area (Å²) in [7, 11) is 1.16. The summed E-state index contributed by atoms with van der Waals surface area (Å²) in [5.74, 6) is -2.17. The molecule has 0 fully saturated rings. The van der Waals surface area contributed by atoms with E-state index in [1.54, 1.807) is 36.4 Å². The number of amides is 3. The van der Waals surface area contributed by atoms with Crippen LogP contribution in [-0.2, 0) is 25.7 Å². The number of hydrogen-bond acceptors (Lipinski definition) is 5. The lowest BCUT2D eigenvalue weighted by atomic mass is 9.96. The minimum atomic E-state index is -0.807. The lowest BCUT2D eigenvalue weighted by molar-refractivity contribution is -0.137. The summed E-state index contributed by atoms with van der Waals surface area (Å²) >= 11 is 6.46. The van der Waals surface area contributed by atoms with Crippen molar-refractivity contribution in [1.82, 2.24) is 10.2 Å².